The highest BCUT2D eigenvalue weighted by Crippen LogP contribution is 2.34. The van der Waals surface area contributed by atoms with Crippen LogP contribution < -0.4 is 13.6 Å². The molecule has 3 aromatic carbocycles. The highest BCUT2D eigenvalue weighted by atomic mass is 32.2. The molecular formula is C24H27NO6S2. The Kier molecular flexibility index (Phi) is 7.04. The number of nitrogens with one attached hydrogen (secondary N) is 1. The van der Waals surface area contributed by atoms with E-state index in [1.165, 1.54) is 31.4 Å². The van der Waals surface area contributed by atoms with Gasteiger partial charge in [-0.3, -0.25) is 4.72 Å². The molecule has 33 heavy (non-hydrogen) atoms. The normalized spacial score (nSPS) is 11.9. The van der Waals surface area contributed by atoms with Gasteiger partial charge in [-0.25, -0.2) is 8.42 Å². The fourth-order valence-electron chi connectivity index (χ4n) is 3.19. The summed E-state index contributed by atoms with van der Waals surface area (Å²) in [4.78, 5) is 0.126. The summed E-state index contributed by atoms with van der Waals surface area (Å²) in [5.74, 6) is 0.553. The molecule has 0 saturated heterocycles. The minimum Gasteiger partial charge on any atom is -0.497 e. The van der Waals surface area contributed by atoms with Crippen molar-refractivity contribution in [1.29, 1.82) is 0 Å². The summed E-state index contributed by atoms with van der Waals surface area (Å²) in [6, 6.07) is 15.5. The summed E-state index contributed by atoms with van der Waals surface area (Å²) in [5.41, 5.74) is 2.40. The zero-order valence-electron chi connectivity index (χ0n) is 19.1. The first-order valence-electron chi connectivity index (χ1n) is 10.3. The van der Waals surface area contributed by atoms with Crippen molar-refractivity contribution < 1.29 is 25.8 Å². The van der Waals surface area contributed by atoms with Gasteiger partial charge in [0.15, 0.2) is 0 Å². The standard InChI is InChI=1S/C24H27NO6S2/c1-16(2)22-15-24(31-33(28,29)21-12-8-19(30-5)9-13-21)18(4)14-23(22)25-32(26,27)20-10-6-17(3)7-11-20/h6-16,25H,1-5H3. The minimum atomic E-state index is -4.09. The van der Waals surface area contributed by atoms with Gasteiger partial charge in [0.2, 0.25) is 0 Å². The topological polar surface area (TPSA) is 98.8 Å². The molecule has 3 aromatic rings. The molecule has 7 nitrogen and oxygen atoms in total. The van der Waals surface area contributed by atoms with Gasteiger partial charge in [0, 0.05) is 0 Å². The fourth-order valence-corrected chi connectivity index (χ4v) is 5.25. The molecule has 0 aliphatic rings. The van der Waals surface area contributed by atoms with Crippen molar-refractivity contribution in [2.24, 2.45) is 0 Å². The highest BCUT2D eigenvalue weighted by Gasteiger charge is 2.22. The molecule has 176 valence electrons. The third kappa shape index (κ3) is 5.66. The van der Waals surface area contributed by atoms with E-state index in [0.29, 0.717) is 22.6 Å². The molecule has 0 aliphatic carbocycles. The molecule has 0 bridgehead atoms. The van der Waals surface area contributed by atoms with Crippen LogP contribution in [0.1, 0.15) is 36.5 Å². The van der Waals surface area contributed by atoms with Crippen molar-refractivity contribution in [2.75, 3.05) is 11.8 Å². The van der Waals surface area contributed by atoms with E-state index >= 15 is 0 Å². The first-order valence-corrected chi connectivity index (χ1v) is 13.1. The number of ether oxygens (including phenoxy) is 1. The smallest absolute Gasteiger partial charge is 0.339 e. The minimum absolute atomic E-state index is 0.0158. The number of sulfonamides is 1. The Hall–Kier alpha value is -3.04. The van der Waals surface area contributed by atoms with Crippen molar-refractivity contribution in [3.8, 4) is 11.5 Å². The Morgan fingerprint density at radius 1 is 0.818 bits per heavy atom. The average Bonchev–Trinajstić information content (AvgIpc) is 2.75. The molecule has 0 atom stereocenters. The van der Waals surface area contributed by atoms with Crippen molar-refractivity contribution in [3.63, 3.8) is 0 Å². The van der Waals surface area contributed by atoms with Gasteiger partial charge in [0.1, 0.15) is 16.4 Å². The summed E-state index contributed by atoms with van der Waals surface area (Å²) >= 11 is 0. The van der Waals surface area contributed by atoms with Crippen LogP contribution in [0.3, 0.4) is 0 Å². The SMILES string of the molecule is COc1ccc(S(=O)(=O)Oc2cc(C(C)C)c(NS(=O)(=O)c3ccc(C)cc3)cc2C)cc1. The maximum Gasteiger partial charge on any atom is 0.339 e. The molecule has 0 unspecified atom stereocenters. The number of rotatable bonds is 8. The quantitative estimate of drug-likeness (QED) is 0.447. The fraction of sp³-hybridized carbons (Fsp3) is 0.250. The first-order chi connectivity index (χ1) is 15.4. The predicted molar refractivity (Wildman–Crippen MR) is 128 cm³/mol. The Labute approximate surface area is 195 Å². The second-order valence-electron chi connectivity index (χ2n) is 7.99. The van der Waals surface area contributed by atoms with Gasteiger partial charge in [-0.15, -0.1) is 0 Å². The van der Waals surface area contributed by atoms with E-state index in [-0.39, 0.29) is 21.5 Å². The largest absolute Gasteiger partial charge is 0.497 e. The number of aryl methyl sites for hydroxylation is 2. The van der Waals surface area contributed by atoms with E-state index in [0.717, 1.165) is 5.56 Å². The second kappa shape index (κ2) is 9.44. The molecule has 0 aromatic heterocycles. The highest BCUT2D eigenvalue weighted by molar-refractivity contribution is 7.92. The van der Waals surface area contributed by atoms with Crippen molar-refractivity contribution in [1.82, 2.24) is 0 Å². The van der Waals surface area contributed by atoms with Gasteiger partial charge in [0.05, 0.1) is 17.7 Å². The molecule has 3 rings (SSSR count). The van der Waals surface area contributed by atoms with E-state index in [4.69, 9.17) is 8.92 Å². The third-order valence-electron chi connectivity index (χ3n) is 5.09. The van der Waals surface area contributed by atoms with Crippen LogP contribution in [-0.4, -0.2) is 23.9 Å². The van der Waals surface area contributed by atoms with Gasteiger partial charge in [-0.05, 0) is 79.4 Å². The number of methoxy groups -OCH3 is 1. The summed E-state index contributed by atoms with van der Waals surface area (Å²) < 4.78 is 64.5. The van der Waals surface area contributed by atoms with Crippen LogP contribution in [0.2, 0.25) is 0 Å². The summed E-state index contributed by atoms with van der Waals surface area (Å²) in [7, 11) is -6.42. The average molecular weight is 490 g/mol. The van der Waals surface area contributed by atoms with Crippen molar-refractivity contribution in [3.05, 3.63) is 77.4 Å². The lowest BCUT2D eigenvalue weighted by Crippen LogP contribution is -2.16. The summed E-state index contributed by atoms with van der Waals surface area (Å²) in [6.45, 7) is 7.31. The third-order valence-corrected chi connectivity index (χ3v) is 7.72. The number of hydrogen-bond donors (Lipinski definition) is 1. The van der Waals surface area contributed by atoms with Gasteiger partial charge in [-0.1, -0.05) is 31.5 Å². The molecule has 0 radical (unpaired) electrons. The van der Waals surface area contributed by atoms with E-state index in [2.05, 4.69) is 4.72 Å². The number of hydrogen-bond acceptors (Lipinski definition) is 6. The van der Waals surface area contributed by atoms with E-state index in [1.54, 1.807) is 43.3 Å². The van der Waals surface area contributed by atoms with Gasteiger partial charge >= 0.3 is 10.1 Å². The van der Waals surface area contributed by atoms with Crippen LogP contribution in [0, 0.1) is 13.8 Å². The van der Waals surface area contributed by atoms with E-state index < -0.39 is 20.1 Å². The zero-order chi connectivity index (χ0) is 24.4. The molecule has 0 aliphatic heterocycles. The Morgan fingerprint density at radius 3 is 1.94 bits per heavy atom. The monoisotopic (exact) mass is 489 g/mol. The van der Waals surface area contributed by atoms with E-state index in [9.17, 15) is 16.8 Å². The summed E-state index contributed by atoms with van der Waals surface area (Å²) in [6.07, 6.45) is 0. The van der Waals surface area contributed by atoms with Crippen LogP contribution in [0.4, 0.5) is 5.69 Å². The number of anilines is 1. The van der Waals surface area contributed by atoms with E-state index in [1.807, 2.05) is 20.8 Å². The predicted octanol–water partition coefficient (Wildman–Crippen LogP) is 5.00. The van der Waals surface area contributed by atoms with Crippen LogP contribution in [0.25, 0.3) is 0 Å². The van der Waals surface area contributed by atoms with Crippen molar-refractivity contribution >= 4 is 25.8 Å². The van der Waals surface area contributed by atoms with Gasteiger partial charge in [0.25, 0.3) is 10.0 Å². The van der Waals surface area contributed by atoms with Gasteiger partial charge in [-0.2, -0.15) is 8.42 Å². The summed E-state index contributed by atoms with van der Waals surface area (Å²) in [5, 5.41) is 0. The molecule has 0 fully saturated rings. The van der Waals surface area contributed by atoms with Gasteiger partial charge < -0.3 is 8.92 Å². The second-order valence-corrected chi connectivity index (χ2v) is 11.2. The molecular weight excluding hydrogens is 462 g/mol. The molecule has 1 N–H and O–H groups in total. The molecule has 0 spiro atoms. The van der Waals surface area contributed by atoms with Crippen LogP contribution in [0.15, 0.2) is 70.5 Å². The maximum atomic E-state index is 12.9. The zero-order valence-corrected chi connectivity index (χ0v) is 20.7. The lowest BCUT2D eigenvalue weighted by atomic mass is 9.99. The maximum absolute atomic E-state index is 12.9. The van der Waals surface area contributed by atoms with Crippen molar-refractivity contribution in [2.45, 2.75) is 43.4 Å². The lowest BCUT2D eigenvalue weighted by Gasteiger charge is -2.19. The Bertz CT molecular complexity index is 1350. The van der Waals surface area contributed by atoms with Crippen LogP contribution >= 0.6 is 0 Å². The first kappa shape index (κ1) is 24.6. The molecule has 0 amide bonds. The Morgan fingerprint density at radius 2 is 1.39 bits per heavy atom. The number of benzene rings is 3. The molecule has 0 saturated carbocycles. The van der Waals surface area contributed by atoms with Crippen LogP contribution in [-0.2, 0) is 20.1 Å². The molecule has 9 heteroatoms. The Balaban J connectivity index is 1.96. The molecule has 0 heterocycles. The van der Waals surface area contributed by atoms with Crippen LogP contribution in [0.5, 0.6) is 11.5 Å². The lowest BCUT2D eigenvalue weighted by molar-refractivity contribution is 0.414.